The number of piperazine rings is 1. The molecule has 0 bridgehead atoms. The first-order chi connectivity index (χ1) is 13.2. The van der Waals surface area contributed by atoms with Crippen molar-refractivity contribution in [3.63, 3.8) is 0 Å². The van der Waals surface area contributed by atoms with Crippen LogP contribution in [0.25, 0.3) is 0 Å². The molecule has 1 aliphatic rings. The van der Waals surface area contributed by atoms with Crippen LogP contribution in [0.5, 0.6) is 5.75 Å². The number of ketones is 1. The van der Waals surface area contributed by atoms with Crippen LogP contribution in [0.2, 0.25) is 0 Å². The number of benzene rings is 2. The average molecular weight is 368 g/mol. The zero-order chi connectivity index (χ0) is 19.1. The number of amides is 1. The lowest BCUT2D eigenvalue weighted by Crippen LogP contribution is -2.50. The molecule has 1 saturated heterocycles. The maximum atomic E-state index is 12.4. The highest BCUT2D eigenvalue weighted by Gasteiger charge is 2.23. The van der Waals surface area contributed by atoms with E-state index in [0.717, 1.165) is 11.3 Å². The van der Waals surface area contributed by atoms with Crippen LogP contribution in [0, 0.1) is 0 Å². The Morgan fingerprint density at radius 1 is 0.926 bits per heavy atom. The Bertz CT molecular complexity index is 754. The first-order valence-electron chi connectivity index (χ1n) is 9.01. The summed E-state index contributed by atoms with van der Waals surface area (Å²) in [6.07, 6.45) is -0.306. The summed E-state index contributed by atoms with van der Waals surface area (Å²) >= 11 is 0. The van der Waals surface area contributed by atoms with Crippen molar-refractivity contribution in [2.45, 2.75) is 6.61 Å². The number of carbonyl (C=O) groups excluding carboxylic acids is 2. The molecule has 3 rings (SSSR count). The fourth-order valence-corrected chi connectivity index (χ4v) is 2.97. The summed E-state index contributed by atoms with van der Waals surface area (Å²) in [7, 11) is 1.60. The van der Waals surface area contributed by atoms with Crippen molar-refractivity contribution in [3.8, 4) is 5.75 Å². The SMILES string of the molecule is COc1ccc(C(=O)CN2CCN(C(=O)OCc3ccccc3)CC2)cc1. The zero-order valence-electron chi connectivity index (χ0n) is 15.5. The molecule has 2 aromatic carbocycles. The second kappa shape index (κ2) is 9.19. The summed E-state index contributed by atoms with van der Waals surface area (Å²) < 4.78 is 10.5. The largest absolute Gasteiger partial charge is 0.497 e. The van der Waals surface area contributed by atoms with E-state index in [0.29, 0.717) is 38.3 Å². The molecule has 6 heteroatoms. The fraction of sp³-hybridized carbons (Fsp3) is 0.333. The smallest absolute Gasteiger partial charge is 0.410 e. The first kappa shape index (κ1) is 18.9. The summed E-state index contributed by atoms with van der Waals surface area (Å²) in [6, 6.07) is 16.7. The van der Waals surface area contributed by atoms with Gasteiger partial charge in [-0.15, -0.1) is 0 Å². The number of Topliss-reactive ketones (excluding diaryl/α,β-unsaturated/α-hetero) is 1. The van der Waals surface area contributed by atoms with Gasteiger partial charge in [0.1, 0.15) is 12.4 Å². The van der Waals surface area contributed by atoms with Crippen LogP contribution < -0.4 is 4.74 Å². The van der Waals surface area contributed by atoms with Gasteiger partial charge in [-0.1, -0.05) is 30.3 Å². The first-order valence-corrected chi connectivity index (χ1v) is 9.01. The molecule has 0 radical (unpaired) electrons. The molecule has 27 heavy (non-hydrogen) atoms. The van der Waals surface area contributed by atoms with Crippen molar-refractivity contribution < 1.29 is 19.1 Å². The lowest BCUT2D eigenvalue weighted by Gasteiger charge is -2.33. The van der Waals surface area contributed by atoms with Gasteiger partial charge in [-0.2, -0.15) is 0 Å². The number of rotatable bonds is 6. The third kappa shape index (κ3) is 5.31. The highest BCUT2D eigenvalue weighted by atomic mass is 16.6. The molecule has 6 nitrogen and oxygen atoms in total. The topological polar surface area (TPSA) is 59.1 Å². The van der Waals surface area contributed by atoms with E-state index in [1.807, 2.05) is 30.3 Å². The fourth-order valence-electron chi connectivity index (χ4n) is 2.97. The van der Waals surface area contributed by atoms with Crippen LogP contribution in [-0.2, 0) is 11.3 Å². The second-order valence-electron chi connectivity index (χ2n) is 6.46. The third-order valence-electron chi connectivity index (χ3n) is 4.61. The van der Waals surface area contributed by atoms with Crippen LogP contribution >= 0.6 is 0 Å². The Kier molecular flexibility index (Phi) is 6.44. The maximum absolute atomic E-state index is 12.4. The quantitative estimate of drug-likeness (QED) is 0.734. The van der Waals surface area contributed by atoms with E-state index in [1.165, 1.54) is 0 Å². The molecule has 1 heterocycles. The predicted octanol–water partition coefficient (Wildman–Crippen LogP) is 2.83. The Balaban J connectivity index is 1.42. The number of carbonyl (C=O) groups is 2. The molecule has 0 unspecified atom stereocenters. The summed E-state index contributed by atoms with van der Waals surface area (Å²) in [5.41, 5.74) is 1.63. The monoisotopic (exact) mass is 368 g/mol. The molecule has 1 amide bonds. The highest BCUT2D eigenvalue weighted by molar-refractivity contribution is 5.97. The van der Waals surface area contributed by atoms with Gasteiger partial charge < -0.3 is 14.4 Å². The normalized spacial score (nSPS) is 14.6. The molecule has 0 aliphatic carbocycles. The van der Waals surface area contributed by atoms with Gasteiger partial charge in [0.05, 0.1) is 13.7 Å². The van der Waals surface area contributed by atoms with Crippen LogP contribution in [0.3, 0.4) is 0 Å². The Morgan fingerprint density at radius 3 is 2.22 bits per heavy atom. The van der Waals surface area contributed by atoms with Crippen molar-refractivity contribution in [3.05, 3.63) is 65.7 Å². The maximum Gasteiger partial charge on any atom is 0.410 e. The van der Waals surface area contributed by atoms with Gasteiger partial charge >= 0.3 is 6.09 Å². The van der Waals surface area contributed by atoms with Gasteiger partial charge in [0, 0.05) is 31.7 Å². The molecule has 1 aliphatic heterocycles. The van der Waals surface area contributed by atoms with Gasteiger partial charge in [-0.05, 0) is 29.8 Å². The van der Waals surface area contributed by atoms with Gasteiger partial charge in [0.25, 0.3) is 0 Å². The second-order valence-corrected chi connectivity index (χ2v) is 6.46. The standard InChI is InChI=1S/C21H24N2O4/c1-26-19-9-7-18(8-10-19)20(24)15-22-11-13-23(14-12-22)21(25)27-16-17-5-3-2-4-6-17/h2-10H,11-16H2,1H3. The summed E-state index contributed by atoms with van der Waals surface area (Å²) in [5, 5.41) is 0. The van der Waals surface area contributed by atoms with Crippen LogP contribution in [0.15, 0.2) is 54.6 Å². The van der Waals surface area contributed by atoms with Gasteiger partial charge in [-0.25, -0.2) is 4.79 Å². The minimum absolute atomic E-state index is 0.0674. The minimum atomic E-state index is -0.306. The highest BCUT2D eigenvalue weighted by Crippen LogP contribution is 2.13. The van der Waals surface area contributed by atoms with Crippen molar-refractivity contribution in [2.75, 3.05) is 39.8 Å². The van der Waals surface area contributed by atoms with E-state index in [4.69, 9.17) is 9.47 Å². The van der Waals surface area contributed by atoms with Crippen LogP contribution in [0.1, 0.15) is 15.9 Å². The Labute approximate surface area is 159 Å². The number of ether oxygens (including phenoxy) is 2. The third-order valence-corrected chi connectivity index (χ3v) is 4.61. The molecule has 0 saturated carbocycles. The van der Waals surface area contributed by atoms with Gasteiger partial charge in [0.15, 0.2) is 5.78 Å². The number of hydrogen-bond donors (Lipinski definition) is 0. The van der Waals surface area contributed by atoms with E-state index in [1.54, 1.807) is 36.3 Å². The molecule has 142 valence electrons. The molecular weight excluding hydrogens is 344 g/mol. The summed E-state index contributed by atoms with van der Waals surface area (Å²) in [4.78, 5) is 28.3. The average Bonchev–Trinajstić information content (AvgIpc) is 2.73. The predicted molar refractivity (Wildman–Crippen MR) is 102 cm³/mol. The Hall–Kier alpha value is -2.86. The molecule has 0 atom stereocenters. The van der Waals surface area contributed by atoms with Crippen molar-refractivity contribution in [1.82, 2.24) is 9.80 Å². The summed E-state index contributed by atoms with van der Waals surface area (Å²) in [5.74, 6) is 0.798. The molecule has 2 aromatic rings. The lowest BCUT2D eigenvalue weighted by atomic mass is 10.1. The van der Waals surface area contributed by atoms with Gasteiger partial charge in [0.2, 0.25) is 0 Å². The van der Waals surface area contributed by atoms with Gasteiger partial charge in [-0.3, -0.25) is 9.69 Å². The number of methoxy groups -OCH3 is 1. The van der Waals surface area contributed by atoms with E-state index in [-0.39, 0.29) is 18.5 Å². The summed E-state index contributed by atoms with van der Waals surface area (Å²) in [6.45, 7) is 3.05. The molecular formula is C21H24N2O4. The van der Waals surface area contributed by atoms with E-state index in [2.05, 4.69) is 4.90 Å². The molecule has 0 spiro atoms. The molecule has 0 aromatic heterocycles. The molecule has 0 N–H and O–H groups in total. The zero-order valence-corrected chi connectivity index (χ0v) is 15.5. The van der Waals surface area contributed by atoms with E-state index in [9.17, 15) is 9.59 Å². The lowest BCUT2D eigenvalue weighted by molar-refractivity contribution is 0.0678. The number of nitrogens with zero attached hydrogens (tertiary/aromatic N) is 2. The molecule has 1 fully saturated rings. The van der Waals surface area contributed by atoms with Crippen molar-refractivity contribution in [2.24, 2.45) is 0 Å². The van der Waals surface area contributed by atoms with Crippen molar-refractivity contribution in [1.29, 1.82) is 0 Å². The van der Waals surface area contributed by atoms with Crippen LogP contribution in [0.4, 0.5) is 4.79 Å². The minimum Gasteiger partial charge on any atom is -0.497 e. The number of hydrogen-bond acceptors (Lipinski definition) is 5. The van der Waals surface area contributed by atoms with Crippen LogP contribution in [-0.4, -0.2) is 61.5 Å². The van der Waals surface area contributed by atoms with Crippen molar-refractivity contribution >= 4 is 11.9 Å². The van der Waals surface area contributed by atoms with E-state index >= 15 is 0 Å². The van der Waals surface area contributed by atoms with E-state index < -0.39 is 0 Å². The Morgan fingerprint density at radius 2 is 1.59 bits per heavy atom.